The average molecular weight is 665 g/mol. The molecule has 7 rings (SSSR count). The molecule has 4 fully saturated rings. The standard InChI is InChI=1S/C17H14I2S6/c18-11-12(19)21-14(20-11)15-24-16-17(25-15)23-13(22-16)10-8-2-6-1-7(4-8)5-9(10)3-6/h6-9H,1-5H2. The van der Waals surface area contributed by atoms with Gasteiger partial charge in [0.1, 0.15) is 0 Å². The largest absolute Gasteiger partial charge is 0.0736 e. The van der Waals surface area contributed by atoms with Crippen molar-refractivity contribution < 1.29 is 0 Å². The molecule has 4 bridgehead atoms. The number of hydrogen-bond donors (Lipinski definition) is 0. The van der Waals surface area contributed by atoms with Crippen molar-refractivity contribution in [1.29, 1.82) is 0 Å². The highest BCUT2D eigenvalue weighted by Crippen LogP contribution is 2.72. The Morgan fingerprint density at radius 2 is 0.920 bits per heavy atom. The van der Waals surface area contributed by atoms with Gasteiger partial charge in [0.25, 0.3) is 0 Å². The van der Waals surface area contributed by atoms with Crippen LogP contribution in [0.4, 0.5) is 0 Å². The van der Waals surface area contributed by atoms with Gasteiger partial charge in [-0.3, -0.25) is 0 Å². The van der Waals surface area contributed by atoms with Crippen molar-refractivity contribution in [3.8, 4) is 0 Å². The van der Waals surface area contributed by atoms with E-state index in [1.807, 2.05) is 52.6 Å². The van der Waals surface area contributed by atoms with E-state index < -0.39 is 0 Å². The topological polar surface area (TPSA) is 0 Å². The minimum absolute atomic E-state index is 0.937. The van der Waals surface area contributed by atoms with Crippen LogP contribution in [0.3, 0.4) is 0 Å². The summed E-state index contributed by atoms with van der Waals surface area (Å²) < 4.78 is 10.8. The first kappa shape index (κ1) is 18.3. The predicted octanol–water partition coefficient (Wildman–Crippen LogP) is 9.34. The highest BCUT2D eigenvalue weighted by molar-refractivity contribution is 14.1. The van der Waals surface area contributed by atoms with Crippen LogP contribution in [0.5, 0.6) is 0 Å². The Kier molecular flexibility index (Phi) is 5.16. The van der Waals surface area contributed by atoms with Crippen LogP contribution in [0.25, 0.3) is 0 Å². The van der Waals surface area contributed by atoms with Gasteiger partial charge in [-0.05, 0) is 107 Å². The predicted molar refractivity (Wildman–Crippen MR) is 139 cm³/mol. The van der Waals surface area contributed by atoms with E-state index in [2.05, 4.69) is 68.7 Å². The van der Waals surface area contributed by atoms with Crippen molar-refractivity contribution in [2.75, 3.05) is 0 Å². The van der Waals surface area contributed by atoms with Crippen LogP contribution < -0.4 is 0 Å². The first-order valence-electron chi connectivity index (χ1n) is 8.49. The maximum Gasteiger partial charge on any atom is 0.0718 e. The minimum atomic E-state index is 0.937. The SMILES string of the molecule is IC1=C(I)SC(=C2SC3=C(S2)SC(=C2C4CC5CC(C4)CC2C5)S3)S1. The van der Waals surface area contributed by atoms with Crippen LogP contribution >= 0.6 is 116 Å². The van der Waals surface area contributed by atoms with Crippen molar-refractivity contribution in [2.45, 2.75) is 32.1 Å². The van der Waals surface area contributed by atoms with E-state index in [4.69, 9.17) is 0 Å². The van der Waals surface area contributed by atoms with Gasteiger partial charge in [-0.2, -0.15) is 0 Å². The summed E-state index contributed by atoms with van der Waals surface area (Å²) in [7, 11) is 0. The molecule has 0 nitrogen and oxygen atoms in total. The fraction of sp³-hybridized carbons (Fsp3) is 0.529. The maximum absolute atomic E-state index is 2.48. The number of hydrogen-bond acceptors (Lipinski definition) is 6. The van der Waals surface area contributed by atoms with Gasteiger partial charge in [0.15, 0.2) is 0 Å². The molecule has 132 valence electrons. The number of rotatable bonds is 0. The first-order valence-corrected chi connectivity index (χ1v) is 15.5. The van der Waals surface area contributed by atoms with Gasteiger partial charge in [-0.15, -0.1) is 0 Å². The molecule has 8 heteroatoms. The lowest BCUT2D eigenvalue weighted by molar-refractivity contribution is 0.0698. The molecule has 0 saturated heterocycles. The summed E-state index contributed by atoms with van der Waals surface area (Å²) in [6.45, 7) is 0. The molecule has 0 amide bonds. The summed E-state index contributed by atoms with van der Waals surface area (Å²) >= 11 is 17.2. The zero-order valence-corrected chi connectivity index (χ0v) is 22.3. The van der Waals surface area contributed by atoms with Gasteiger partial charge < -0.3 is 0 Å². The zero-order valence-electron chi connectivity index (χ0n) is 13.1. The van der Waals surface area contributed by atoms with E-state index in [9.17, 15) is 0 Å². The van der Waals surface area contributed by atoms with Gasteiger partial charge in [-0.25, -0.2) is 0 Å². The summed E-state index contributed by atoms with van der Waals surface area (Å²) in [5, 5.41) is 0. The molecular weight excluding hydrogens is 650 g/mol. The summed E-state index contributed by atoms with van der Waals surface area (Å²) in [6, 6.07) is 0. The molecule has 0 N–H and O–H groups in total. The monoisotopic (exact) mass is 664 g/mol. The Bertz CT molecular complexity index is 740. The van der Waals surface area contributed by atoms with Crippen LogP contribution in [-0.2, 0) is 0 Å². The molecule has 0 aromatic carbocycles. The smallest absolute Gasteiger partial charge is 0.0718 e. The second-order valence-electron chi connectivity index (χ2n) is 7.36. The molecule has 4 saturated carbocycles. The van der Waals surface area contributed by atoms with Crippen LogP contribution in [0.15, 0.2) is 32.6 Å². The van der Waals surface area contributed by atoms with Gasteiger partial charge in [0.2, 0.25) is 0 Å². The van der Waals surface area contributed by atoms with Crippen molar-refractivity contribution >= 4 is 116 Å². The molecule has 7 aliphatic rings. The zero-order chi connectivity index (χ0) is 16.7. The second kappa shape index (κ2) is 7.04. The van der Waals surface area contributed by atoms with Crippen molar-refractivity contribution in [3.63, 3.8) is 0 Å². The van der Waals surface area contributed by atoms with Crippen LogP contribution in [0, 0.1) is 23.7 Å². The fourth-order valence-corrected chi connectivity index (χ4v) is 17.0. The van der Waals surface area contributed by atoms with E-state index >= 15 is 0 Å². The fourth-order valence-electron chi connectivity index (χ4n) is 5.16. The van der Waals surface area contributed by atoms with Gasteiger partial charge in [0, 0.05) is 0 Å². The van der Waals surface area contributed by atoms with E-state index in [0.29, 0.717) is 0 Å². The molecule has 0 radical (unpaired) electrons. The lowest BCUT2D eigenvalue weighted by atomic mass is 9.54. The number of thioether (sulfide) groups is 6. The van der Waals surface area contributed by atoms with E-state index in [1.54, 1.807) is 19.1 Å². The molecule has 25 heavy (non-hydrogen) atoms. The summed E-state index contributed by atoms with van der Waals surface area (Å²) in [6.07, 6.45) is 7.56. The molecule has 3 heterocycles. The highest BCUT2D eigenvalue weighted by Gasteiger charge is 2.47. The number of allylic oxidation sites excluding steroid dienone is 1. The highest BCUT2D eigenvalue weighted by atomic mass is 127. The normalized spacial score (nSPS) is 39.6. The Morgan fingerprint density at radius 1 is 0.520 bits per heavy atom. The quantitative estimate of drug-likeness (QED) is 0.235. The van der Waals surface area contributed by atoms with E-state index in [1.165, 1.54) is 40.0 Å². The van der Waals surface area contributed by atoms with Crippen LogP contribution in [0.1, 0.15) is 32.1 Å². The van der Waals surface area contributed by atoms with Gasteiger partial charge >= 0.3 is 0 Å². The lowest BCUT2D eigenvalue weighted by Gasteiger charge is -2.51. The Morgan fingerprint density at radius 3 is 1.40 bits per heavy atom. The van der Waals surface area contributed by atoms with Crippen LogP contribution in [0.2, 0.25) is 0 Å². The molecule has 0 spiro atoms. The van der Waals surface area contributed by atoms with Gasteiger partial charge in [-0.1, -0.05) is 70.6 Å². The molecule has 0 atom stereocenters. The van der Waals surface area contributed by atoms with Crippen molar-refractivity contribution in [1.82, 2.24) is 0 Å². The summed E-state index contributed by atoms with van der Waals surface area (Å²) in [5.41, 5.74) is 1.89. The third kappa shape index (κ3) is 3.21. The summed E-state index contributed by atoms with van der Waals surface area (Å²) in [5.74, 6) is 4.01. The van der Waals surface area contributed by atoms with Gasteiger partial charge in [0.05, 0.1) is 27.0 Å². The Balaban J connectivity index is 1.23. The third-order valence-electron chi connectivity index (χ3n) is 5.85. The Hall–Kier alpha value is 2.52. The van der Waals surface area contributed by atoms with E-state index in [0.717, 1.165) is 23.7 Å². The van der Waals surface area contributed by atoms with Crippen molar-refractivity contribution in [3.05, 3.63) is 32.6 Å². The van der Waals surface area contributed by atoms with Crippen molar-refractivity contribution in [2.24, 2.45) is 23.7 Å². The molecular formula is C17H14I2S6. The molecule has 4 aliphatic carbocycles. The molecule has 0 aromatic rings. The Labute approximate surface area is 201 Å². The molecule has 0 unspecified atom stereocenters. The summed E-state index contributed by atoms with van der Waals surface area (Å²) in [4.78, 5) is 0. The first-order chi connectivity index (χ1) is 12.1. The third-order valence-corrected chi connectivity index (χ3v) is 18.4. The van der Waals surface area contributed by atoms with Crippen LogP contribution in [-0.4, -0.2) is 0 Å². The second-order valence-corrected chi connectivity index (χ2v) is 18.4. The van der Waals surface area contributed by atoms with E-state index in [-0.39, 0.29) is 0 Å². The maximum atomic E-state index is 2.48. The molecule has 3 aliphatic heterocycles. The minimum Gasteiger partial charge on any atom is -0.0736 e. The molecule has 0 aromatic heterocycles. The lowest BCUT2D eigenvalue weighted by Crippen LogP contribution is -2.40. The number of halogens is 2. The average Bonchev–Trinajstić information content (AvgIpc) is 3.20.